The van der Waals surface area contributed by atoms with E-state index in [2.05, 4.69) is 5.32 Å². The van der Waals surface area contributed by atoms with E-state index in [1.807, 2.05) is 20.8 Å². The number of rotatable bonds is 6. The second-order valence-electron chi connectivity index (χ2n) is 8.17. The van der Waals surface area contributed by atoms with Crippen LogP contribution in [0.4, 0.5) is 4.79 Å². The van der Waals surface area contributed by atoms with Crippen LogP contribution in [-0.2, 0) is 4.74 Å². The van der Waals surface area contributed by atoms with Gasteiger partial charge in [-0.05, 0) is 84.2 Å². The summed E-state index contributed by atoms with van der Waals surface area (Å²) in [5, 5.41) is 20.6. The first kappa shape index (κ1) is 22.2. The number of aliphatic hydroxyl groups is 2. The molecular weight excluding hydrogens is 320 g/mol. The van der Waals surface area contributed by atoms with Gasteiger partial charge in [0.2, 0.25) is 0 Å². The summed E-state index contributed by atoms with van der Waals surface area (Å²) in [6, 6.07) is 0. The number of hydrogen-bond donors (Lipinski definition) is 3. The van der Waals surface area contributed by atoms with Gasteiger partial charge in [-0.25, -0.2) is 4.79 Å². The summed E-state index contributed by atoms with van der Waals surface area (Å²) in [7, 11) is 0. The van der Waals surface area contributed by atoms with Crippen LogP contribution in [0, 0.1) is 11.8 Å². The monoisotopic (exact) mass is 358 g/mol. The molecule has 6 nitrogen and oxygen atoms in total. The van der Waals surface area contributed by atoms with Gasteiger partial charge in [0.15, 0.2) is 0 Å². The number of nitrogens with one attached hydrogen (secondary N) is 1. The highest BCUT2D eigenvalue weighted by Crippen LogP contribution is 2.22. The molecule has 0 bridgehead atoms. The number of likely N-dealkylation sites (tertiary alicyclic amines) is 1. The lowest BCUT2D eigenvalue weighted by molar-refractivity contribution is 0.0287. The van der Waals surface area contributed by atoms with E-state index >= 15 is 0 Å². The minimum absolute atomic E-state index is 0.209. The molecule has 2 aliphatic heterocycles. The molecule has 0 radical (unpaired) electrons. The van der Waals surface area contributed by atoms with Gasteiger partial charge in [0.1, 0.15) is 5.60 Å². The second kappa shape index (κ2) is 11.7. The molecule has 2 aliphatic rings. The Morgan fingerprint density at radius 1 is 1.12 bits per heavy atom. The summed E-state index contributed by atoms with van der Waals surface area (Å²) in [6.07, 6.45) is 6.12. The third kappa shape index (κ3) is 10.0. The molecule has 0 saturated carbocycles. The van der Waals surface area contributed by atoms with Crippen LogP contribution in [0.3, 0.4) is 0 Å². The van der Waals surface area contributed by atoms with E-state index < -0.39 is 5.60 Å². The van der Waals surface area contributed by atoms with Crippen LogP contribution in [0.25, 0.3) is 0 Å². The Hall–Kier alpha value is -0.850. The van der Waals surface area contributed by atoms with E-state index in [0.717, 1.165) is 44.7 Å². The number of amides is 1. The van der Waals surface area contributed by atoms with Crippen molar-refractivity contribution in [3.63, 3.8) is 0 Å². The van der Waals surface area contributed by atoms with Crippen molar-refractivity contribution in [2.75, 3.05) is 39.4 Å². The summed E-state index contributed by atoms with van der Waals surface area (Å²) >= 11 is 0. The van der Waals surface area contributed by atoms with Crippen LogP contribution < -0.4 is 5.32 Å². The second-order valence-corrected chi connectivity index (χ2v) is 8.17. The zero-order valence-corrected chi connectivity index (χ0v) is 16.3. The molecule has 0 aromatic carbocycles. The number of carbonyl (C=O) groups excluding carboxylic acids is 1. The normalized spacial score (nSPS) is 23.3. The smallest absolute Gasteiger partial charge is 0.410 e. The van der Waals surface area contributed by atoms with Crippen molar-refractivity contribution in [1.82, 2.24) is 10.2 Å². The molecule has 6 heteroatoms. The molecular formula is C19H38N2O4. The Morgan fingerprint density at radius 3 is 2.28 bits per heavy atom. The third-order valence-corrected chi connectivity index (χ3v) is 4.64. The van der Waals surface area contributed by atoms with Crippen molar-refractivity contribution >= 4 is 6.09 Å². The Kier molecular flexibility index (Phi) is 10.4. The fourth-order valence-electron chi connectivity index (χ4n) is 3.28. The third-order valence-electron chi connectivity index (χ3n) is 4.64. The first-order valence-electron chi connectivity index (χ1n) is 9.76. The van der Waals surface area contributed by atoms with Gasteiger partial charge in [0, 0.05) is 26.3 Å². The molecule has 3 N–H and O–H groups in total. The van der Waals surface area contributed by atoms with Crippen LogP contribution in [0.1, 0.15) is 59.3 Å². The van der Waals surface area contributed by atoms with Crippen molar-refractivity contribution in [1.29, 1.82) is 0 Å². The topological polar surface area (TPSA) is 82.0 Å². The quantitative estimate of drug-likeness (QED) is 0.679. The van der Waals surface area contributed by atoms with Crippen LogP contribution in [0.15, 0.2) is 0 Å². The maximum Gasteiger partial charge on any atom is 0.410 e. The van der Waals surface area contributed by atoms with Crippen molar-refractivity contribution in [3.05, 3.63) is 0 Å². The zero-order valence-electron chi connectivity index (χ0n) is 16.3. The Balaban J connectivity index is 0.000000293. The summed E-state index contributed by atoms with van der Waals surface area (Å²) in [5.41, 5.74) is -0.416. The molecule has 2 saturated heterocycles. The van der Waals surface area contributed by atoms with Gasteiger partial charge >= 0.3 is 6.09 Å². The van der Waals surface area contributed by atoms with Gasteiger partial charge in [-0.3, -0.25) is 0 Å². The average molecular weight is 359 g/mol. The van der Waals surface area contributed by atoms with Crippen molar-refractivity contribution in [2.24, 2.45) is 11.8 Å². The Morgan fingerprint density at radius 2 is 1.76 bits per heavy atom. The highest BCUT2D eigenvalue weighted by Gasteiger charge is 2.29. The lowest BCUT2D eigenvalue weighted by atomic mass is 10.0. The summed E-state index contributed by atoms with van der Waals surface area (Å²) in [6.45, 7) is 10.1. The van der Waals surface area contributed by atoms with Crippen molar-refractivity contribution in [2.45, 2.75) is 64.9 Å². The van der Waals surface area contributed by atoms with E-state index in [-0.39, 0.29) is 12.7 Å². The Labute approximate surface area is 152 Å². The van der Waals surface area contributed by atoms with Gasteiger partial charge in [-0.2, -0.15) is 0 Å². The molecule has 0 aliphatic carbocycles. The molecule has 1 amide bonds. The maximum absolute atomic E-state index is 11.7. The summed E-state index contributed by atoms with van der Waals surface area (Å²) in [5.74, 6) is 1.37. The molecule has 2 atom stereocenters. The van der Waals surface area contributed by atoms with Gasteiger partial charge in [0.05, 0.1) is 0 Å². The fraction of sp³-hybridized carbons (Fsp3) is 0.947. The van der Waals surface area contributed by atoms with Crippen LogP contribution in [0.2, 0.25) is 0 Å². The van der Waals surface area contributed by atoms with E-state index in [4.69, 9.17) is 14.9 Å². The zero-order chi connectivity index (χ0) is 18.7. The van der Waals surface area contributed by atoms with Gasteiger partial charge in [-0.15, -0.1) is 0 Å². The molecule has 2 rings (SSSR count). The maximum atomic E-state index is 11.7. The fourth-order valence-corrected chi connectivity index (χ4v) is 3.28. The number of hydrogen-bond acceptors (Lipinski definition) is 5. The number of nitrogens with zero attached hydrogens (tertiary/aromatic N) is 1. The van der Waals surface area contributed by atoms with E-state index in [0.29, 0.717) is 12.5 Å². The lowest BCUT2D eigenvalue weighted by Crippen LogP contribution is -2.35. The van der Waals surface area contributed by atoms with Crippen LogP contribution in [-0.4, -0.2) is 66.2 Å². The van der Waals surface area contributed by atoms with Gasteiger partial charge < -0.3 is 25.2 Å². The predicted molar refractivity (Wildman–Crippen MR) is 99.5 cm³/mol. The number of carbonyl (C=O) groups is 1. The van der Waals surface area contributed by atoms with Gasteiger partial charge in [-0.1, -0.05) is 0 Å². The molecule has 0 aromatic heterocycles. The summed E-state index contributed by atoms with van der Waals surface area (Å²) < 4.78 is 5.31. The SMILES string of the molecule is CC(C)(C)OC(=O)N1CCC(CCCO)C1.OCCCC1CCNC1. The first-order valence-corrected chi connectivity index (χ1v) is 9.76. The molecule has 0 spiro atoms. The Bertz CT molecular complexity index is 365. The van der Waals surface area contributed by atoms with Crippen molar-refractivity contribution in [3.8, 4) is 0 Å². The summed E-state index contributed by atoms with van der Waals surface area (Å²) in [4.78, 5) is 13.5. The standard InChI is InChI=1S/C12H23NO3.C7H15NO/c1-12(2,3)16-11(15)13-7-6-10(9-13)5-4-8-14;9-5-1-2-7-3-4-8-6-7/h10,14H,4-9H2,1-3H3;7-9H,1-6H2. The highest BCUT2D eigenvalue weighted by molar-refractivity contribution is 5.68. The lowest BCUT2D eigenvalue weighted by Gasteiger charge is -2.24. The van der Waals surface area contributed by atoms with Gasteiger partial charge in [0.25, 0.3) is 0 Å². The van der Waals surface area contributed by atoms with Crippen LogP contribution >= 0.6 is 0 Å². The number of aliphatic hydroxyl groups excluding tert-OH is 2. The average Bonchev–Trinajstić information content (AvgIpc) is 3.21. The molecule has 0 aromatic rings. The van der Waals surface area contributed by atoms with Crippen LogP contribution in [0.5, 0.6) is 0 Å². The van der Waals surface area contributed by atoms with E-state index in [1.54, 1.807) is 4.90 Å². The van der Waals surface area contributed by atoms with E-state index in [9.17, 15) is 4.79 Å². The molecule has 2 fully saturated rings. The minimum Gasteiger partial charge on any atom is -0.444 e. The number of ether oxygens (including phenoxy) is 1. The van der Waals surface area contributed by atoms with E-state index in [1.165, 1.54) is 25.9 Å². The molecule has 148 valence electrons. The largest absolute Gasteiger partial charge is 0.444 e. The minimum atomic E-state index is -0.416. The van der Waals surface area contributed by atoms with Crippen molar-refractivity contribution < 1.29 is 19.7 Å². The molecule has 25 heavy (non-hydrogen) atoms. The molecule has 2 unspecified atom stereocenters. The predicted octanol–water partition coefficient (Wildman–Crippen LogP) is 2.38. The highest BCUT2D eigenvalue weighted by atomic mass is 16.6. The first-order chi connectivity index (χ1) is 11.9. The molecule has 2 heterocycles.